The highest BCUT2D eigenvalue weighted by Crippen LogP contribution is 2.32. The van der Waals surface area contributed by atoms with Crippen LogP contribution in [0.2, 0.25) is 0 Å². The van der Waals surface area contributed by atoms with Crippen molar-refractivity contribution in [2.45, 2.75) is 20.8 Å². The zero-order valence-corrected chi connectivity index (χ0v) is 20.7. The van der Waals surface area contributed by atoms with Gasteiger partial charge in [0.15, 0.2) is 5.84 Å². The third kappa shape index (κ3) is 3.79. The Bertz CT molecular complexity index is 1430. The largest absolute Gasteiger partial charge is 0.318 e. The van der Waals surface area contributed by atoms with Crippen LogP contribution >= 0.6 is 27.7 Å². The number of hydrogen-bond donors (Lipinski definition) is 1. The summed E-state index contributed by atoms with van der Waals surface area (Å²) in [6.07, 6.45) is 1.74. The molecule has 1 aromatic heterocycles. The lowest BCUT2D eigenvalue weighted by Crippen LogP contribution is -2.35. The molecule has 3 aromatic rings. The molecule has 2 aliphatic heterocycles. The number of hydrazone groups is 1. The molecule has 0 spiro atoms. The van der Waals surface area contributed by atoms with E-state index in [0.717, 1.165) is 43.3 Å². The van der Waals surface area contributed by atoms with Gasteiger partial charge in [-0.3, -0.25) is 10.2 Å². The second-order valence-electron chi connectivity index (χ2n) is 7.88. The Morgan fingerprint density at radius 2 is 1.85 bits per heavy atom. The Hall–Kier alpha value is -3.23. The molecule has 164 valence electrons. The first kappa shape index (κ1) is 21.6. The summed E-state index contributed by atoms with van der Waals surface area (Å²) in [5.41, 5.74) is 6.19. The number of aromatic nitrogens is 1. The topological polar surface area (TPSA) is 73.8 Å². The molecule has 0 atom stereocenters. The number of benzene rings is 2. The van der Waals surface area contributed by atoms with Gasteiger partial charge in [-0.2, -0.15) is 15.1 Å². The van der Waals surface area contributed by atoms with Gasteiger partial charge in [0.05, 0.1) is 5.57 Å². The van der Waals surface area contributed by atoms with Crippen molar-refractivity contribution in [1.29, 1.82) is 5.41 Å². The zero-order chi connectivity index (χ0) is 23.3. The van der Waals surface area contributed by atoms with Gasteiger partial charge in [-0.1, -0.05) is 46.3 Å². The number of fused-ring (bicyclic) bond motifs is 1. The summed E-state index contributed by atoms with van der Waals surface area (Å²) in [5.74, 6) is -0.388. The first-order valence-electron chi connectivity index (χ1n) is 10.3. The maximum absolute atomic E-state index is 12.9. The fourth-order valence-electron chi connectivity index (χ4n) is 4.02. The van der Waals surface area contributed by atoms with Crippen molar-refractivity contribution in [2.24, 2.45) is 10.1 Å². The van der Waals surface area contributed by atoms with E-state index < -0.39 is 5.91 Å². The minimum atomic E-state index is -0.424. The third-order valence-corrected chi connectivity index (χ3v) is 7.10. The van der Waals surface area contributed by atoms with Crippen LogP contribution in [-0.2, 0) is 4.79 Å². The van der Waals surface area contributed by atoms with Crippen LogP contribution in [-0.4, -0.2) is 31.5 Å². The Kier molecular flexibility index (Phi) is 5.42. The molecule has 0 fully saturated rings. The van der Waals surface area contributed by atoms with Crippen molar-refractivity contribution in [3.63, 3.8) is 0 Å². The minimum Gasteiger partial charge on any atom is -0.318 e. The van der Waals surface area contributed by atoms with Gasteiger partial charge in [-0.15, -0.1) is 0 Å². The molecule has 8 heteroatoms. The smallest absolute Gasteiger partial charge is 0.283 e. The number of hydrogen-bond acceptors (Lipinski definition) is 4. The number of nitrogens with one attached hydrogen (secondary N) is 1. The maximum Gasteiger partial charge on any atom is 0.283 e. The van der Waals surface area contributed by atoms with Gasteiger partial charge in [0.1, 0.15) is 5.04 Å². The normalized spacial score (nSPS) is 16.8. The summed E-state index contributed by atoms with van der Waals surface area (Å²) in [5, 5.41) is 15.9. The summed E-state index contributed by atoms with van der Waals surface area (Å²) in [4.78, 5) is 17.1. The Labute approximate surface area is 204 Å². The summed E-state index contributed by atoms with van der Waals surface area (Å²) < 4.78 is 3.12. The third-order valence-electron chi connectivity index (χ3n) is 5.67. The molecule has 2 aliphatic rings. The van der Waals surface area contributed by atoms with Gasteiger partial charge < -0.3 is 4.57 Å². The van der Waals surface area contributed by atoms with Gasteiger partial charge in [0.25, 0.3) is 5.91 Å². The van der Waals surface area contributed by atoms with E-state index in [-0.39, 0.29) is 11.4 Å². The molecule has 5 rings (SSSR count). The van der Waals surface area contributed by atoms with E-state index in [1.165, 1.54) is 16.8 Å². The molecular formula is C25H20BrN5OS. The van der Waals surface area contributed by atoms with Crippen LogP contribution in [0, 0.1) is 26.2 Å². The van der Waals surface area contributed by atoms with Crippen molar-refractivity contribution in [3.8, 4) is 5.69 Å². The van der Waals surface area contributed by atoms with Crippen molar-refractivity contribution in [3.05, 3.63) is 92.7 Å². The fourth-order valence-corrected chi connectivity index (χ4v) is 5.38. The van der Waals surface area contributed by atoms with Crippen molar-refractivity contribution in [1.82, 2.24) is 9.58 Å². The monoisotopic (exact) mass is 517 g/mol. The number of halogens is 1. The average Bonchev–Trinajstić information content (AvgIpc) is 3.32. The van der Waals surface area contributed by atoms with E-state index in [1.807, 2.05) is 75.4 Å². The number of amides is 1. The Morgan fingerprint density at radius 1 is 1.06 bits per heavy atom. The molecule has 3 heterocycles. The maximum atomic E-state index is 12.9. The van der Waals surface area contributed by atoms with Crippen molar-refractivity contribution < 1.29 is 4.79 Å². The standard InChI is InChI=1S/C25H20BrN5OS/c1-14-7-4-5-10-20(14)24-29-31-22(27)21(23(32)28-25(31)33-24)12-17-11-15(2)30(16(17)3)19-9-6-8-18(26)13-19/h4-13,27H,1-3H3/b21-12-,27-22?. The Balaban J connectivity index is 1.53. The number of carbonyl (C=O) groups excluding carboxylic acids is 1. The summed E-state index contributed by atoms with van der Waals surface area (Å²) >= 11 is 4.84. The first-order chi connectivity index (χ1) is 15.8. The molecule has 0 saturated carbocycles. The van der Waals surface area contributed by atoms with Crippen LogP contribution in [0.3, 0.4) is 0 Å². The van der Waals surface area contributed by atoms with Crippen LogP contribution in [0.4, 0.5) is 0 Å². The van der Waals surface area contributed by atoms with Crippen molar-refractivity contribution in [2.75, 3.05) is 0 Å². The second kappa shape index (κ2) is 8.28. The van der Waals surface area contributed by atoms with Crippen LogP contribution in [0.5, 0.6) is 0 Å². The molecule has 1 N–H and O–H groups in total. The van der Waals surface area contributed by atoms with Gasteiger partial charge in [0.2, 0.25) is 5.17 Å². The van der Waals surface area contributed by atoms with Gasteiger partial charge in [-0.25, -0.2) is 0 Å². The summed E-state index contributed by atoms with van der Waals surface area (Å²) in [7, 11) is 0. The molecule has 33 heavy (non-hydrogen) atoms. The Morgan fingerprint density at radius 3 is 2.61 bits per heavy atom. The average molecular weight is 518 g/mol. The molecule has 6 nitrogen and oxygen atoms in total. The lowest BCUT2D eigenvalue weighted by Gasteiger charge is -2.20. The van der Waals surface area contributed by atoms with Crippen LogP contribution < -0.4 is 0 Å². The molecule has 0 aliphatic carbocycles. The summed E-state index contributed by atoms with van der Waals surface area (Å²) in [6.45, 7) is 6.04. The molecule has 0 saturated heterocycles. The second-order valence-corrected chi connectivity index (χ2v) is 9.75. The predicted molar refractivity (Wildman–Crippen MR) is 138 cm³/mol. The van der Waals surface area contributed by atoms with E-state index in [1.54, 1.807) is 6.08 Å². The molecule has 2 aromatic carbocycles. The highest BCUT2D eigenvalue weighted by atomic mass is 79.9. The number of aliphatic imine (C=N–C) groups is 1. The highest BCUT2D eigenvalue weighted by molar-refractivity contribution is 9.10. The van der Waals surface area contributed by atoms with E-state index in [2.05, 4.69) is 30.6 Å². The van der Waals surface area contributed by atoms with E-state index in [0.29, 0.717) is 5.17 Å². The molecule has 0 radical (unpaired) electrons. The number of nitrogens with zero attached hydrogens (tertiary/aromatic N) is 4. The first-order valence-corrected chi connectivity index (χ1v) is 12.0. The number of amidine groups is 2. The van der Waals surface area contributed by atoms with E-state index >= 15 is 0 Å². The van der Waals surface area contributed by atoms with Crippen molar-refractivity contribution >= 4 is 55.7 Å². The number of thioether (sulfide) groups is 1. The van der Waals surface area contributed by atoms with Crippen LogP contribution in [0.1, 0.15) is 28.1 Å². The SMILES string of the molecule is Cc1ccccc1C1=NN2C(=N)/C(=C/c3cc(C)n(-c4cccc(Br)c4)c3C)C(=O)N=C2S1. The number of aryl methyl sites for hydroxylation is 2. The van der Waals surface area contributed by atoms with Gasteiger partial charge in [-0.05, 0) is 74.0 Å². The quantitative estimate of drug-likeness (QED) is 0.444. The molecule has 1 amide bonds. The zero-order valence-electron chi connectivity index (χ0n) is 18.3. The molecule has 0 bridgehead atoms. The minimum absolute atomic E-state index is 0.0355. The number of rotatable bonds is 3. The van der Waals surface area contributed by atoms with Gasteiger partial charge in [0, 0.05) is 27.1 Å². The fraction of sp³-hybridized carbons (Fsp3) is 0.120. The van der Waals surface area contributed by atoms with E-state index in [9.17, 15) is 4.79 Å². The predicted octanol–water partition coefficient (Wildman–Crippen LogP) is 5.83. The number of carbonyl (C=O) groups is 1. The molecular weight excluding hydrogens is 498 g/mol. The van der Waals surface area contributed by atoms with Crippen LogP contribution in [0.15, 0.2) is 74.7 Å². The lowest BCUT2D eigenvalue weighted by atomic mass is 10.1. The van der Waals surface area contributed by atoms with Gasteiger partial charge >= 0.3 is 0 Å². The highest BCUT2D eigenvalue weighted by Gasteiger charge is 2.36. The van der Waals surface area contributed by atoms with Crippen LogP contribution in [0.25, 0.3) is 11.8 Å². The summed E-state index contributed by atoms with van der Waals surface area (Å²) in [6, 6.07) is 18.0. The lowest BCUT2D eigenvalue weighted by molar-refractivity contribution is -0.114. The molecule has 0 unspecified atom stereocenters. The van der Waals surface area contributed by atoms with E-state index in [4.69, 9.17) is 5.41 Å².